The van der Waals surface area contributed by atoms with E-state index in [-0.39, 0.29) is 12.2 Å². The number of aliphatic hydroxyl groups is 1. The van der Waals surface area contributed by atoms with E-state index >= 15 is 0 Å². The number of aliphatic hydroxyl groups excluding tert-OH is 1. The van der Waals surface area contributed by atoms with Gasteiger partial charge in [0.05, 0.1) is 0 Å². The van der Waals surface area contributed by atoms with Crippen LogP contribution < -0.4 is 5.32 Å². The Kier molecular flexibility index (Phi) is 5.80. The molecule has 1 amide bonds. The maximum atomic E-state index is 11.8. The highest BCUT2D eigenvalue weighted by Gasteiger charge is 2.30. The van der Waals surface area contributed by atoms with Crippen molar-refractivity contribution in [2.75, 3.05) is 0 Å². The summed E-state index contributed by atoms with van der Waals surface area (Å²) >= 11 is 0. The van der Waals surface area contributed by atoms with Crippen molar-refractivity contribution in [1.29, 1.82) is 0 Å². The topological polar surface area (TPSA) is 136 Å². The van der Waals surface area contributed by atoms with E-state index in [1.807, 2.05) is 0 Å². The summed E-state index contributed by atoms with van der Waals surface area (Å²) < 4.78 is 4.92. The largest absolute Gasteiger partial charge is 0.504 e. The number of alkyl carbamates (subject to hydrolysis) is 1. The second-order valence-electron chi connectivity index (χ2n) is 5.21. The van der Waals surface area contributed by atoms with E-state index in [1.165, 1.54) is 6.07 Å². The van der Waals surface area contributed by atoms with Crippen LogP contribution in [0.5, 0.6) is 11.5 Å². The lowest BCUT2D eigenvalue weighted by molar-refractivity contribution is -0.142. The molecule has 0 spiro atoms. The van der Waals surface area contributed by atoms with E-state index in [1.54, 1.807) is 30.3 Å². The molecule has 0 aliphatic heterocycles. The quantitative estimate of drug-likeness (QED) is 0.500. The fourth-order valence-corrected chi connectivity index (χ4v) is 2.08. The molecular formula is C17H17NO7. The highest BCUT2D eigenvalue weighted by Crippen LogP contribution is 2.29. The van der Waals surface area contributed by atoms with E-state index in [0.29, 0.717) is 5.56 Å². The predicted octanol–water partition coefficient (Wildman–Crippen LogP) is 1.51. The minimum atomic E-state index is -1.70. The van der Waals surface area contributed by atoms with Crippen molar-refractivity contribution in [3.8, 4) is 11.5 Å². The Bertz CT molecular complexity index is 748. The average Bonchev–Trinajstić information content (AvgIpc) is 2.60. The van der Waals surface area contributed by atoms with Gasteiger partial charge in [0, 0.05) is 0 Å². The van der Waals surface area contributed by atoms with Crippen molar-refractivity contribution in [2.45, 2.75) is 18.8 Å². The Morgan fingerprint density at radius 2 is 1.72 bits per heavy atom. The van der Waals surface area contributed by atoms with E-state index in [9.17, 15) is 30.0 Å². The molecule has 0 fully saturated rings. The first kappa shape index (κ1) is 18.1. The van der Waals surface area contributed by atoms with Crippen LogP contribution in [0.3, 0.4) is 0 Å². The van der Waals surface area contributed by atoms with Gasteiger partial charge in [-0.05, 0) is 23.3 Å². The lowest BCUT2D eigenvalue weighted by Crippen LogP contribution is -2.45. The number of carboxylic acids is 1. The minimum Gasteiger partial charge on any atom is -0.504 e. The maximum absolute atomic E-state index is 11.8. The van der Waals surface area contributed by atoms with Gasteiger partial charge >= 0.3 is 12.1 Å². The van der Waals surface area contributed by atoms with Crippen molar-refractivity contribution >= 4 is 12.1 Å². The number of carboxylic acid groups (broad SMARTS) is 1. The third-order valence-corrected chi connectivity index (χ3v) is 3.41. The Balaban J connectivity index is 2.03. The number of carbonyl (C=O) groups is 2. The first-order chi connectivity index (χ1) is 11.9. The minimum absolute atomic E-state index is 0.00561. The molecule has 2 atom stereocenters. The second-order valence-corrected chi connectivity index (χ2v) is 5.21. The summed E-state index contributed by atoms with van der Waals surface area (Å²) in [7, 11) is 0. The summed E-state index contributed by atoms with van der Waals surface area (Å²) in [6.45, 7) is -0.0604. The molecule has 2 aromatic rings. The molecule has 0 aliphatic carbocycles. The van der Waals surface area contributed by atoms with Crippen molar-refractivity contribution < 1.29 is 34.8 Å². The summed E-state index contributed by atoms with van der Waals surface area (Å²) in [4.78, 5) is 23.1. The molecule has 2 aromatic carbocycles. The van der Waals surface area contributed by atoms with Crippen molar-refractivity contribution in [3.05, 3.63) is 59.7 Å². The molecule has 8 nitrogen and oxygen atoms in total. The van der Waals surface area contributed by atoms with Gasteiger partial charge in [-0.3, -0.25) is 0 Å². The van der Waals surface area contributed by atoms with Crippen LogP contribution in [0, 0.1) is 0 Å². The van der Waals surface area contributed by atoms with Crippen LogP contribution in [0.15, 0.2) is 48.5 Å². The molecule has 0 unspecified atom stereocenters. The molecule has 0 radical (unpaired) electrons. The van der Waals surface area contributed by atoms with Gasteiger partial charge in [0.25, 0.3) is 0 Å². The summed E-state index contributed by atoms with van der Waals surface area (Å²) in [5, 5.41) is 40.1. The van der Waals surface area contributed by atoms with Crippen molar-refractivity contribution in [2.24, 2.45) is 0 Å². The summed E-state index contributed by atoms with van der Waals surface area (Å²) in [6.07, 6.45) is -2.67. The van der Waals surface area contributed by atoms with Crippen LogP contribution in [0.25, 0.3) is 0 Å². The maximum Gasteiger partial charge on any atom is 0.408 e. The van der Waals surface area contributed by atoms with Gasteiger partial charge in [0.2, 0.25) is 0 Å². The monoisotopic (exact) mass is 347 g/mol. The van der Waals surface area contributed by atoms with Crippen LogP contribution in [0.1, 0.15) is 17.2 Å². The number of phenolic OH excluding ortho intramolecular Hbond substituents is 2. The third-order valence-electron chi connectivity index (χ3n) is 3.41. The standard InChI is InChI=1S/C17H17NO7/c19-12-7-6-11(8-13(12)20)15(21)14(16(22)23)18-17(24)25-9-10-4-2-1-3-5-10/h1-8,14-15,19-21H,9H2,(H,18,24)(H,22,23)/t14-,15+/m0/s1. The van der Waals surface area contributed by atoms with E-state index in [0.717, 1.165) is 12.1 Å². The lowest BCUT2D eigenvalue weighted by Gasteiger charge is -2.20. The van der Waals surface area contributed by atoms with Crippen LogP contribution in [0.2, 0.25) is 0 Å². The van der Waals surface area contributed by atoms with Crippen LogP contribution >= 0.6 is 0 Å². The molecule has 25 heavy (non-hydrogen) atoms. The zero-order valence-electron chi connectivity index (χ0n) is 13.0. The van der Waals surface area contributed by atoms with Crippen molar-refractivity contribution in [3.63, 3.8) is 0 Å². The molecule has 0 heterocycles. The lowest BCUT2D eigenvalue weighted by atomic mass is 10.0. The fraction of sp³-hybridized carbons (Fsp3) is 0.176. The number of nitrogens with one attached hydrogen (secondary N) is 1. The molecule has 2 rings (SSSR count). The summed E-state index contributed by atoms with van der Waals surface area (Å²) in [5.74, 6) is -2.43. The first-order valence-corrected chi connectivity index (χ1v) is 7.28. The van der Waals surface area contributed by atoms with Crippen LogP contribution in [-0.2, 0) is 16.1 Å². The number of benzene rings is 2. The number of aromatic hydroxyl groups is 2. The van der Waals surface area contributed by atoms with Crippen LogP contribution in [-0.4, -0.2) is 38.5 Å². The highest BCUT2D eigenvalue weighted by atomic mass is 16.5. The van der Waals surface area contributed by atoms with Gasteiger partial charge in [0.15, 0.2) is 17.5 Å². The van der Waals surface area contributed by atoms with Gasteiger partial charge in [-0.15, -0.1) is 0 Å². The molecular weight excluding hydrogens is 330 g/mol. The fourth-order valence-electron chi connectivity index (χ4n) is 2.08. The molecule has 0 bridgehead atoms. The predicted molar refractivity (Wildman–Crippen MR) is 85.9 cm³/mol. The van der Waals surface area contributed by atoms with Crippen LogP contribution in [0.4, 0.5) is 4.79 Å². The SMILES string of the molecule is O=C(N[C@H](C(=O)O)[C@H](O)c1ccc(O)c(O)c1)OCc1ccccc1. The Morgan fingerprint density at radius 1 is 1.04 bits per heavy atom. The molecule has 8 heteroatoms. The zero-order valence-corrected chi connectivity index (χ0v) is 13.0. The van der Waals surface area contributed by atoms with Gasteiger partial charge in [0.1, 0.15) is 12.7 Å². The number of aliphatic carboxylic acids is 1. The van der Waals surface area contributed by atoms with E-state index < -0.39 is 35.7 Å². The highest BCUT2D eigenvalue weighted by molar-refractivity contribution is 5.80. The second kappa shape index (κ2) is 8.02. The molecule has 0 saturated heterocycles. The van der Waals surface area contributed by atoms with Gasteiger partial charge in [-0.1, -0.05) is 36.4 Å². The first-order valence-electron chi connectivity index (χ1n) is 7.28. The summed E-state index contributed by atoms with van der Waals surface area (Å²) in [6, 6.07) is 10.4. The summed E-state index contributed by atoms with van der Waals surface area (Å²) in [5.41, 5.74) is 0.722. The number of rotatable bonds is 6. The number of hydrogen-bond donors (Lipinski definition) is 5. The van der Waals surface area contributed by atoms with Crippen molar-refractivity contribution in [1.82, 2.24) is 5.32 Å². The zero-order chi connectivity index (χ0) is 18.4. The third kappa shape index (κ3) is 4.85. The molecule has 0 saturated carbocycles. The van der Waals surface area contributed by atoms with Gasteiger partial charge in [-0.2, -0.15) is 0 Å². The smallest absolute Gasteiger partial charge is 0.408 e. The Labute approximate surface area is 142 Å². The molecule has 132 valence electrons. The van der Waals surface area contributed by atoms with E-state index in [2.05, 4.69) is 5.32 Å². The number of phenols is 2. The Morgan fingerprint density at radius 3 is 2.32 bits per heavy atom. The molecule has 0 aliphatic rings. The van der Waals surface area contributed by atoms with E-state index in [4.69, 9.17) is 4.74 Å². The van der Waals surface area contributed by atoms with Gasteiger partial charge < -0.3 is 30.5 Å². The number of carbonyl (C=O) groups excluding carboxylic acids is 1. The number of amides is 1. The normalized spacial score (nSPS) is 12.8. The Hall–Kier alpha value is -3.26. The number of ether oxygens (including phenoxy) is 1. The van der Waals surface area contributed by atoms with Gasteiger partial charge in [-0.25, -0.2) is 9.59 Å². The molecule has 0 aromatic heterocycles. The molecule has 5 N–H and O–H groups in total. The average molecular weight is 347 g/mol. The number of hydrogen-bond acceptors (Lipinski definition) is 6.